The fraction of sp³-hybridized carbons (Fsp3) is 0.471. The highest BCUT2D eigenvalue weighted by Gasteiger charge is 2.16. The third-order valence-corrected chi connectivity index (χ3v) is 3.53. The molecule has 0 saturated carbocycles. The maximum Gasteiger partial charge on any atom is 0.251 e. The van der Waals surface area contributed by atoms with Gasteiger partial charge in [-0.3, -0.25) is 4.79 Å². The molecular weight excluding hydrogens is 290 g/mol. The third kappa shape index (κ3) is 4.63. The monoisotopic (exact) mass is 315 g/mol. The van der Waals surface area contributed by atoms with Crippen molar-refractivity contribution < 1.29 is 4.79 Å². The lowest BCUT2D eigenvalue weighted by molar-refractivity contribution is 0.0937. The van der Waals surface area contributed by atoms with Gasteiger partial charge in [-0.15, -0.1) is 0 Å². The van der Waals surface area contributed by atoms with Crippen LogP contribution in [0.4, 0.5) is 0 Å². The van der Waals surface area contributed by atoms with Crippen LogP contribution in [0.3, 0.4) is 0 Å². The minimum Gasteiger partial charge on any atom is -0.342 e. The van der Waals surface area contributed by atoms with Crippen molar-refractivity contribution in [1.29, 1.82) is 0 Å². The average molecular weight is 315 g/mol. The predicted molar refractivity (Wildman–Crippen MR) is 90.0 cm³/mol. The van der Waals surface area contributed by atoms with Crippen LogP contribution in [0.15, 0.2) is 30.6 Å². The van der Waals surface area contributed by atoms with Crippen molar-refractivity contribution in [3.8, 4) is 0 Å². The number of hydrogen-bond donors (Lipinski definition) is 1. The van der Waals surface area contributed by atoms with Gasteiger partial charge in [0, 0.05) is 18.7 Å². The highest BCUT2D eigenvalue weighted by molar-refractivity contribution is 5.94. The van der Waals surface area contributed by atoms with Crippen molar-refractivity contribution in [2.45, 2.75) is 39.4 Å². The zero-order valence-electron chi connectivity index (χ0n) is 14.3. The molecule has 124 valence electrons. The van der Waals surface area contributed by atoms with E-state index in [-0.39, 0.29) is 11.9 Å². The number of carbonyl (C=O) groups is 1. The standard InChI is InChI=1S/C17H25N5O/c1-5-10-22-16(18-12-19-22)13(2)20-17(23)15-8-6-14(7-9-15)11-21(3)4/h6-9,12-13H,5,10-11H2,1-4H3,(H,20,23)/t13-/m0/s1. The van der Waals surface area contributed by atoms with Crippen LogP contribution in [0, 0.1) is 0 Å². The molecule has 0 fully saturated rings. The fourth-order valence-corrected chi connectivity index (χ4v) is 2.46. The summed E-state index contributed by atoms with van der Waals surface area (Å²) in [5.41, 5.74) is 1.84. The molecule has 0 aliphatic heterocycles. The molecule has 1 amide bonds. The lowest BCUT2D eigenvalue weighted by atomic mass is 10.1. The number of hydrogen-bond acceptors (Lipinski definition) is 4. The zero-order chi connectivity index (χ0) is 16.8. The van der Waals surface area contributed by atoms with Crippen LogP contribution in [0.5, 0.6) is 0 Å². The number of amides is 1. The topological polar surface area (TPSA) is 63.1 Å². The number of aryl methyl sites for hydroxylation is 1. The van der Waals surface area contributed by atoms with Crippen LogP contribution in [0.1, 0.15) is 48.1 Å². The zero-order valence-corrected chi connectivity index (χ0v) is 14.3. The van der Waals surface area contributed by atoms with Gasteiger partial charge >= 0.3 is 0 Å². The van der Waals surface area contributed by atoms with Crippen LogP contribution in [0.25, 0.3) is 0 Å². The second-order valence-corrected chi connectivity index (χ2v) is 5.97. The van der Waals surface area contributed by atoms with Crippen molar-refractivity contribution in [2.75, 3.05) is 14.1 Å². The molecule has 0 saturated heterocycles. The molecule has 1 aromatic heterocycles. The Morgan fingerprint density at radius 3 is 2.61 bits per heavy atom. The number of nitrogens with zero attached hydrogens (tertiary/aromatic N) is 4. The largest absolute Gasteiger partial charge is 0.342 e. The second kappa shape index (κ2) is 7.87. The summed E-state index contributed by atoms with van der Waals surface area (Å²) in [6, 6.07) is 7.51. The summed E-state index contributed by atoms with van der Waals surface area (Å²) in [7, 11) is 4.05. The summed E-state index contributed by atoms with van der Waals surface area (Å²) in [4.78, 5) is 18.7. The molecule has 0 spiro atoms. The van der Waals surface area contributed by atoms with E-state index in [9.17, 15) is 4.79 Å². The van der Waals surface area contributed by atoms with E-state index in [1.165, 1.54) is 11.9 Å². The van der Waals surface area contributed by atoms with E-state index in [4.69, 9.17) is 0 Å². The first-order valence-corrected chi connectivity index (χ1v) is 7.93. The molecule has 23 heavy (non-hydrogen) atoms. The van der Waals surface area contributed by atoms with Gasteiger partial charge < -0.3 is 10.2 Å². The minimum atomic E-state index is -0.182. The second-order valence-electron chi connectivity index (χ2n) is 5.97. The number of carbonyl (C=O) groups excluding carboxylic acids is 1. The molecule has 0 radical (unpaired) electrons. The van der Waals surface area contributed by atoms with E-state index in [0.717, 1.165) is 25.3 Å². The van der Waals surface area contributed by atoms with Gasteiger partial charge in [0.2, 0.25) is 0 Å². The quantitative estimate of drug-likeness (QED) is 0.851. The Labute approximate surface area is 137 Å². The highest BCUT2D eigenvalue weighted by atomic mass is 16.1. The van der Waals surface area contributed by atoms with E-state index in [0.29, 0.717) is 5.56 Å². The van der Waals surface area contributed by atoms with E-state index in [1.54, 1.807) is 0 Å². The Bertz CT molecular complexity index is 633. The van der Waals surface area contributed by atoms with Gasteiger partial charge in [-0.2, -0.15) is 5.10 Å². The van der Waals surface area contributed by atoms with Gasteiger partial charge in [-0.25, -0.2) is 9.67 Å². The fourth-order valence-electron chi connectivity index (χ4n) is 2.46. The highest BCUT2D eigenvalue weighted by Crippen LogP contribution is 2.12. The molecule has 6 heteroatoms. The van der Waals surface area contributed by atoms with Gasteiger partial charge in [0.15, 0.2) is 0 Å². The Morgan fingerprint density at radius 2 is 2.00 bits per heavy atom. The van der Waals surface area contributed by atoms with Gasteiger partial charge in [0.25, 0.3) is 5.91 Å². The molecule has 6 nitrogen and oxygen atoms in total. The molecular formula is C17H25N5O. The number of aromatic nitrogens is 3. The van der Waals surface area contributed by atoms with Gasteiger partial charge in [0.1, 0.15) is 12.2 Å². The first-order valence-electron chi connectivity index (χ1n) is 7.93. The molecule has 0 bridgehead atoms. The average Bonchev–Trinajstić information content (AvgIpc) is 2.96. The van der Waals surface area contributed by atoms with E-state index in [2.05, 4.69) is 27.2 Å². The number of nitrogens with one attached hydrogen (secondary N) is 1. The van der Waals surface area contributed by atoms with Crippen molar-refractivity contribution in [2.24, 2.45) is 0 Å². The molecule has 2 rings (SSSR count). The number of benzene rings is 1. The first kappa shape index (κ1) is 17.1. The lowest BCUT2D eigenvalue weighted by Crippen LogP contribution is -2.29. The summed E-state index contributed by atoms with van der Waals surface area (Å²) in [6.45, 7) is 5.67. The molecule has 0 aliphatic rings. The SMILES string of the molecule is CCCn1ncnc1[C@H](C)NC(=O)c1ccc(CN(C)C)cc1. The van der Waals surface area contributed by atoms with Crippen LogP contribution in [0.2, 0.25) is 0 Å². The van der Waals surface area contributed by atoms with Crippen molar-refractivity contribution in [3.63, 3.8) is 0 Å². The smallest absolute Gasteiger partial charge is 0.251 e. The maximum atomic E-state index is 12.4. The third-order valence-electron chi connectivity index (χ3n) is 3.53. The van der Waals surface area contributed by atoms with E-state index in [1.807, 2.05) is 50.0 Å². The van der Waals surface area contributed by atoms with Crippen LogP contribution >= 0.6 is 0 Å². The summed E-state index contributed by atoms with van der Waals surface area (Å²) in [5.74, 6) is 0.685. The molecule has 1 atom stereocenters. The van der Waals surface area contributed by atoms with E-state index >= 15 is 0 Å². The molecule has 1 N–H and O–H groups in total. The van der Waals surface area contributed by atoms with Crippen molar-refractivity contribution >= 4 is 5.91 Å². The molecule has 0 unspecified atom stereocenters. The summed E-state index contributed by atoms with van der Waals surface area (Å²) in [6.07, 6.45) is 2.51. The van der Waals surface area contributed by atoms with Gasteiger partial charge in [-0.05, 0) is 45.1 Å². The van der Waals surface area contributed by atoms with Crippen LogP contribution in [-0.2, 0) is 13.1 Å². The van der Waals surface area contributed by atoms with Crippen molar-refractivity contribution in [1.82, 2.24) is 25.0 Å². The molecule has 1 heterocycles. The van der Waals surface area contributed by atoms with E-state index < -0.39 is 0 Å². The van der Waals surface area contributed by atoms with Gasteiger partial charge in [-0.1, -0.05) is 19.1 Å². The van der Waals surface area contributed by atoms with Crippen LogP contribution < -0.4 is 5.32 Å². The number of rotatable bonds is 7. The molecule has 1 aromatic carbocycles. The maximum absolute atomic E-state index is 12.4. The molecule has 2 aromatic rings. The summed E-state index contributed by atoms with van der Waals surface area (Å²) < 4.78 is 1.84. The summed E-state index contributed by atoms with van der Waals surface area (Å²) >= 11 is 0. The minimum absolute atomic E-state index is 0.0973. The Hall–Kier alpha value is -2.21. The van der Waals surface area contributed by atoms with Gasteiger partial charge in [0.05, 0.1) is 6.04 Å². The predicted octanol–water partition coefficient (Wildman–Crippen LogP) is 2.24. The molecule has 0 aliphatic carbocycles. The van der Waals surface area contributed by atoms with Crippen molar-refractivity contribution in [3.05, 3.63) is 47.5 Å². The Kier molecular flexibility index (Phi) is 5.87. The Morgan fingerprint density at radius 1 is 1.30 bits per heavy atom. The van der Waals surface area contributed by atoms with Crippen LogP contribution in [-0.4, -0.2) is 39.7 Å². The lowest BCUT2D eigenvalue weighted by Gasteiger charge is -2.15. The first-order chi connectivity index (χ1) is 11.0. The summed E-state index contributed by atoms with van der Waals surface area (Å²) in [5, 5.41) is 7.18. The Balaban J connectivity index is 2.01. The normalized spacial score (nSPS) is 12.4.